The second-order valence-electron chi connectivity index (χ2n) is 8.27. The van der Waals surface area contributed by atoms with Crippen LogP contribution in [0.4, 0.5) is 13.2 Å². The molecule has 0 unspecified atom stereocenters. The first-order valence-corrected chi connectivity index (χ1v) is 10.9. The van der Waals surface area contributed by atoms with Gasteiger partial charge in [0.2, 0.25) is 0 Å². The summed E-state index contributed by atoms with van der Waals surface area (Å²) in [6.07, 6.45) is -0.103. The quantitative estimate of drug-likeness (QED) is 0.352. The summed E-state index contributed by atoms with van der Waals surface area (Å²) in [5.74, 6) is 1.47. The zero-order valence-corrected chi connectivity index (χ0v) is 18.4. The van der Waals surface area contributed by atoms with Crippen molar-refractivity contribution < 1.29 is 17.6 Å². The lowest BCUT2D eigenvalue weighted by molar-refractivity contribution is -0.137. The van der Waals surface area contributed by atoms with Gasteiger partial charge in [0.15, 0.2) is 5.96 Å². The maximum atomic E-state index is 13.0. The van der Waals surface area contributed by atoms with Gasteiger partial charge in [-0.1, -0.05) is 24.3 Å². The van der Waals surface area contributed by atoms with E-state index in [1.165, 1.54) is 6.07 Å². The van der Waals surface area contributed by atoms with E-state index >= 15 is 0 Å². The zero-order chi connectivity index (χ0) is 23.0. The molecule has 0 spiro atoms. The van der Waals surface area contributed by atoms with Crippen molar-refractivity contribution in [3.05, 3.63) is 71.7 Å². The van der Waals surface area contributed by atoms with E-state index in [2.05, 4.69) is 27.1 Å². The van der Waals surface area contributed by atoms with Gasteiger partial charge >= 0.3 is 6.18 Å². The first-order chi connectivity index (χ1) is 15.3. The van der Waals surface area contributed by atoms with E-state index in [1.54, 1.807) is 12.3 Å². The largest absolute Gasteiger partial charge is 0.469 e. The predicted octanol–water partition coefficient (Wildman–Crippen LogP) is 4.62. The van der Waals surface area contributed by atoms with Gasteiger partial charge in [-0.05, 0) is 49.6 Å². The van der Waals surface area contributed by atoms with Crippen molar-refractivity contribution >= 4 is 5.96 Å². The molecule has 1 saturated heterocycles. The van der Waals surface area contributed by atoms with Crippen molar-refractivity contribution in [1.29, 1.82) is 0 Å². The summed E-state index contributed by atoms with van der Waals surface area (Å²) in [5, 5.41) is 6.75. The molecule has 0 aliphatic carbocycles. The summed E-state index contributed by atoms with van der Waals surface area (Å²) in [6, 6.07) is 9.32. The van der Waals surface area contributed by atoms with Gasteiger partial charge in [0.1, 0.15) is 5.76 Å². The van der Waals surface area contributed by atoms with Gasteiger partial charge in [-0.2, -0.15) is 13.2 Å². The van der Waals surface area contributed by atoms with Gasteiger partial charge in [0.25, 0.3) is 0 Å². The molecule has 0 bridgehead atoms. The van der Waals surface area contributed by atoms with Crippen LogP contribution in [0.1, 0.15) is 36.7 Å². The summed E-state index contributed by atoms with van der Waals surface area (Å²) in [7, 11) is 0. The van der Waals surface area contributed by atoms with Crippen LogP contribution in [0.25, 0.3) is 0 Å². The highest BCUT2D eigenvalue weighted by Gasteiger charge is 2.30. The molecule has 5 nitrogen and oxygen atoms in total. The molecule has 32 heavy (non-hydrogen) atoms. The Balaban J connectivity index is 1.61. The van der Waals surface area contributed by atoms with Gasteiger partial charge in [0.05, 0.1) is 18.4 Å². The molecule has 1 aliphatic heterocycles. The van der Waals surface area contributed by atoms with Gasteiger partial charge in [-0.15, -0.1) is 0 Å². The van der Waals surface area contributed by atoms with Gasteiger partial charge < -0.3 is 15.1 Å². The van der Waals surface area contributed by atoms with E-state index in [4.69, 9.17) is 4.42 Å². The molecule has 8 heteroatoms. The second kappa shape index (κ2) is 11.2. The van der Waals surface area contributed by atoms with E-state index in [0.29, 0.717) is 24.5 Å². The number of halogens is 3. The Morgan fingerprint density at radius 1 is 1.22 bits per heavy atom. The van der Waals surface area contributed by atoms with Crippen LogP contribution < -0.4 is 10.6 Å². The minimum Gasteiger partial charge on any atom is -0.469 e. The first-order valence-electron chi connectivity index (χ1n) is 10.9. The number of rotatable bonds is 8. The third-order valence-electron chi connectivity index (χ3n) is 5.34. The highest BCUT2D eigenvalue weighted by atomic mass is 19.4. The smallest absolute Gasteiger partial charge is 0.416 e. The Morgan fingerprint density at radius 3 is 2.66 bits per heavy atom. The van der Waals surface area contributed by atoms with E-state index in [0.717, 1.165) is 55.9 Å². The zero-order valence-electron chi connectivity index (χ0n) is 18.4. The SMILES string of the molecule is C=C(C)CN1CCC(NC(=NCc2cccc(C(F)(F)F)c2)NCCc2ccco2)CC1. The van der Waals surface area contributed by atoms with E-state index in [9.17, 15) is 13.2 Å². The summed E-state index contributed by atoms with van der Waals surface area (Å²) < 4.78 is 44.4. The normalized spacial score (nSPS) is 16.2. The third-order valence-corrected chi connectivity index (χ3v) is 5.34. The van der Waals surface area contributed by atoms with Gasteiger partial charge in [-0.3, -0.25) is 4.90 Å². The Labute approximate surface area is 187 Å². The Bertz CT molecular complexity index is 885. The number of benzene rings is 1. The minimum atomic E-state index is -4.36. The fraction of sp³-hybridized carbons (Fsp3) is 0.458. The third kappa shape index (κ3) is 7.75. The predicted molar refractivity (Wildman–Crippen MR) is 120 cm³/mol. The molecule has 0 saturated carbocycles. The van der Waals surface area contributed by atoms with Crippen molar-refractivity contribution in [3.63, 3.8) is 0 Å². The van der Waals surface area contributed by atoms with Crippen LogP contribution in [0.15, 0.2) is 64.2 Å². The van der Waals surface area contributed by atoms with Crippen LogP contribution in [0.3, 0.4) is 0 Å². The standard InChI is InChI=1S/C24H31F3N4O/c1-18(2)17-31-12-9-21(10-13-31)30-23(28-11-8-22-7-4-14-32-22)29-16-19-5-3-6-20(15-19)24(25,26)27/h3-7,14-15,21H,1,8-13,16-17H2,2H3,(H2,28,29,30). The lowest BCUT2D eigenvalue weighted by Gasteiger charge is -2.33. The van der Waals surface area contributed by atoms with Crippen molar-refractivity contribution in [1.82, 2.24) is 15.5 Å². The van der Waals surface area contributed by atoms with Gasteiger partial charge in [-0.25, -0.2) is 4.99 Å². The molecule has 1 aromatic carbocycles. The van der Waals surface area contributed by atoms with Crippen LogP contribution >= 0.6 is 0 Å². The molecule has 1 aromatic heterocycles. The fourth-order valence-electron chi connectivity index (χ4n) is 3.74. The number of nitrogens with zero attached hydrogens (tertiary/aromatic N) is 2. The molecule has 2 heterocycles. The topological polar surface area (TPSA) is 52.8 Å². The monoisotopic (exact) mass is 448 g/mol. The molecule has 2 N–H and O–H groups in total. The minimum absolute atomic E-state index is 0.161. The number of guanidine groups is 1. The molecule has 1 fully saturated rings. The maximum absolute atomic E-state index is 13.0. The number of aliphatic imine (C=N–C) groups is 1. The molecular weight excluding hydrogens is 417 g/mol. The fourth-order valence-corrected chi connectivity index (χ4v) is 3.74. The average Bonchev–Trinajstić information content (AvgIpc) is 3.26. The number of alkyl halides is 3. The molecular formula is C24H31F3N4O. The molecule has 2 aromatic rings. The molecule has 3 rings (SSSR count). The number of hydrogen-bond donors (Lipinski definition) is 2. The second-order valence-corrected chi connectivity index (χ2v) is 8.27. The Kier molecular flexibility index (Phi) is 8.39. The van der Waals surface area contributed by atoms with E-state index in [-0.39, 0.29) is 12.6 Å². The van der Waals surface area contributed by atoms with Crippen LogP contribution in [-0.2, 0) is 19.1 Å². The number of likely N-dealkylation sites (tertiary alicyclic amines) is 1. The van der Waals surface area contributed by atoms with Crippen molar-refractivity contribution in [2.45, 2.75) is 44.9 Å². The summed E-state index contributed by atoms with van der Waals surface area (Å²) in [4.78, 5) is 6.95. The Morgan fingerprint density at radius 2 is 2.00 bits per heavy atom. The lowest BCUT2D eigenvalue weighted by atomic mass is 10.0. The summed E-state index contributed by atoms with van der Waals surface area (Å²) >= 11 is 0. The van der Waals surface area contributed by atoms with Crippen LogP contribution in [0, 0.1) is 0 Å². The summed E-state index contributed by atoms with van der Waals surface area (Å²) in [6.45, 7) is 9.63. The van der Waals surface area contributed by atoms with Crippen LogP contribution in [0.2, 0.25) is 0 Å². The molecule has 0 radical (unpaired) electrons. The molecule has 1 aliphatic rings. The molecule has 0 amide bonds. The van der Waals surface area contributed by atoms with E-state index in [1.807, 2.05) is 19.1 Å². The number of nitrogens with one attached hydrogen (secondary N) is 2. The molecule has 174 valence electrons. The van der Waals surface area contributed by atoms with Crippen LogP contribution in [0.5, 0.6) is 0 Å². The highest BCUT2D eigenvalue weighted by molar-refractivity contribution is 5.80. The van der Waals surface area contributed by atoms with Crippen LogP contribution in [-0.4, -0.2) is 43.1 Å². The van der Waals surface area contributed by atoms with Crippen molar-refractivity contribution in [3.8, 4) is 0 Å². The molecule has 0 atom stereocenters. The average molecular weight is 449 g/mol. The van der Waals surface area contributed by atoms with Crippen molar-refractivity contribution in [2.24, 2.45) is 4.99 Å². The number of furan rings is 1. The van der Waals surface area contributed by atoms with E-state index < -0.39 is 11.7 Å². The summed E-state index contributed by atoms with van der Waals surface area (Å²) in [5.41, 5.74) is 1.01. The highest BCUT2D eigenvalue weighted by Crippen LogP contribution is 2.29. The number of hydrogen-bond acceptors (Lipinski definition) is 3. The lowest BCUT2D eigenvalue weighted by Crippen LogP contribution is -2.49. The number of piperidine rings is 1. The van der Waals surface area contributed by atoms with Crippen molar-refractivity contribution in [2.75, 3.05) is 26.2 Å². The van der Waals surface area contributed by atoms with Gasteiger partial charge in [0, 0.05) is 38.6 Å². The maximum Gasteiger partial charge on any atom is 0.416 e. The first kappa shape index (κ1) is 23.9. The Hall–Kier alpha value is -2.74.